The second kappa shape index (κ2) is 5.39. The van der Waals surface area contributed by atoms with Gasteiger partial charge in [0.15, 0.2) is 0 Å². The molecule has 1 fully saturated rings. The summed E-state index contributed by atoms with van der Waals surface area (Å²) in [6.45, 7) is 0. The van der Waals surface area contributed by atoms with Gasteiger partial charge in [0.25, 0.3) is 0 Å². The van der Waals surface area contributed by atoms with Crippen LogP contribution in [0, 0.1) is 5.82 Å². The van der Waals surface area contributed by atoms with E-state index in [9.17, 15) is 4.39 Å². The van der Waals surface area contributed by atoms with Crippen molar-refractivity contribution in [3.05, 3.63) is 35.6 Å². The van der Waals surface area contributed by atoms with Crippen LogP contribution in [-0.4, -0.2) is 11.0 Å². The van der Waals surface area contributed by atoms with Crippen LogP contribution in [0.5, 0.6) is 0 Å². The van der Waals surface area contributed by atoms with Crippen LogP contribution in [-0.2, 0) is 0 Å². The van der Waals surface area contributed by atoms with Gasteiger partial charge in [-0.15, -0.1) is 0 Å². The molecule has 0 heterocycles. The van der Waals surface area contributed by atoms with E-state index in [2.05, 4.69) is 5.32 Å². The second-order valence-corrected chi connectivity index (χ2v) is 4.72. The third-order valence-electron chi connectivity index (χ3n) is 3.05. The highest BCUT2D eigenvalue weighted by molar-refractivity contribution is 7.80. The van der Waals surface area contributed by atoms with Gasteiger partial charge in [0, 0.05) is 11.6 Å². The molecule has 1 saturated carbocycles. The Hall–Kier alpha value is -0.960. The van der Waals surface area contributed by atoms with E-state index in [1.807, 2.05) is 0 Å². The number of rotatable bonds is 2. The highest BCUT2D eigenvalue weighted by Crippen LogP contribution is 2.18. The minimum atomic E-state index is -0.218. The van der Waals surface area contributed by atoms with E-state index in [0.717, 1.165) is 10.6 Å². The lowest BCUT2D eigenvalue weighted by Crippen LogP contribution is -2.35. The summed E-state index contributed by atoms with van der Waals surface area (Å²) >= 11 is 5.31. The molecule has 0 aromatic heterocycles. The summed E-state index contributed by atoms with van der Waals surface area (Å²) in [5, 5.41) is 3.36. The van der Waals surface area contributed by atoms with Crippen LogP contribution in [0.25, 0.3) is 0 Å². The van der Waals surface area contributed by atoms with Crippen molar-refractivity contribution in [1.82, 2.24) is 5.32 Å². The van der Waals surface area contributed by atoms with Gasteiger partial charge in [-0.2, -0.15) is 0 Å². The maximum atomic E-state index is 12.7. The van der Waals surface area contributed by atoms with Crippen LogP contribution in [0.3, 0.4) is 0 Å². The fraction of sp³-hybridized carbons (Fsp3) is 0.462. The van der Waals surface area contributed by atoms with Gasteiger partial charge in [-0.1, -0.05) is 31.5 Å². The predicted molar refractivity (Wildman–Crippen MR) is 68.1 cm³/mol. The molecule has 1 nitrogen and oxygen atoms in total. The predicted octanol–water partition coefficient (Wildman–Crippen LogP) is 3.42. The van der Waals surface area contributed by atoms with Crippen LogP contribution < -0.4 is 5.32 Å². The number of nitrogens with one attached hydrogen (secondary N) is 1. The van der Waals surface area contributed by atoms with Crippen molar-refractivity contribution in [2.45, 2.75) is 38.1 Å². The molecular weight excluding hydrogens is 221 g/mol. The molecule has 3 heteroatoms. The lowest BCUT2D eigenvalue weighted by molar-refractivity contribution is 0.415. The maximum Gasteiger partial charge on any atom is 0.123 e. The normalized spacial score (nSPS) is 17.1. The van der Waals surface area contributed by atoms with Crippen molar-refractivity contribution in [2.24, 2.45) is 0 Å². The summed E-state index contributed by atoms with van der Waals surface area (Å²) in [6, 6.07) is 6.86. The van der Waals surface area contributed by atoms with E-state index in [-0.39, 0.29) is 5.82 Å². The Morgan fingerprint density at radius 1 is 1.12 bits per heavy atom. The van der Waals surface area contributed by atoms with Gasteiger partial charge < -0.3 is 5.32 Å². The monoisotopic (exact) mass is 237 g/mol. The third kappa shape index (κ3) is 3.01. The minimum absolute atomic E-state index is 0.218. The first-order valence-corrected chi connectivity index (χ1v) is 6.23. The Morgan fingerprint density at radius 2 is 1.75 bits per heavy atom. The molecule has 0 saturated heterocycles. The van der Waals surface area contributed by atoms with Crippen LogP contribution in [0.1, 0.15) is 37.7 Å². The molecule has 16 heavy (non-hydrogen) atoms. The Kier molecular flexibility index (Phi) is 3.88. The Balaban J connectivity index is 1.94. The van der Waals surface area contributed by atoms with Crippen molar-refractivity contribution >= 4 is 17.2 Å². The zero-order chi connectivity index (χ0) is 11.4. The van der Waals surface area contributed by atoms with Gasteiger partial charge in [0.2, 0.25) is 0 Å². The number of hydrogen-bond acceptors (Lipinski definition) is 1. The van der Waals surface area contributed by atoms with Gasteiger partial charge in [-0.3, -0.25) is 0 Å². The van der Waals surface area contributed by atoms with Crippen molar-refractivity contribution in [1.29, 1.82) is 0 Å². The molecule has 1 aliphatic carbocycles. The zero-order valence-corrected chi connectivity index (χ0v) is 10.0. The molecule has 1 aromatic carbocycles. The van der Waals surface area contributed by atoms with E-state index in [0.29, 0.717) is 6.04 Å². The molecule has 86 valence electrons. The van der Waals surface area contributed by atoms with Crippen molar-refractivity contribution in [3.8, 4) is 0 Å². The average molecular weight is 237 g/mol. The fourth-order valence-electron chi connectivity index (χ4n) is 2.12. The summed E-state index contributed by atoms with van der Waals surface area (Å²) in [7, 11) is 0. The number of halogens is 1. The number of benzene rings is 1. The zero-order valence-electron chi connectivity index (χ0n) is 9.21. The first kappa shape index (κ1) is 11.5. The SMILES string of the molecule is Fc1ccc(C(=S)NC2CCCCC2)cc1. The number of thiocarbonyl (C=S) groups is 1. The summed E-state index contributed by atoms with van der Waals surface area (Å²) < 4.78 is 12.7. The molecule has 0 atom stereocenters. The largest absolute Gasteiger partial charge is 0.373 e. The number of hydrogen-bond donors (Lipinski definition) is 1. The van der Waals surface area contributed by atoms with Crippen LogP contribution in [0.4, 0.5) is 4.39 Å². The Labute approximate surface area is 101 Å². The van der Waals surface area contributed by atoms with Gasteiger partial charge >= 0.3 is 0 Å². The molecule has 0 unspecified atom stereocenters. The molecule has 1 aliphatic rings. The highest BCUT2D eigenvalue weighted by Gasteiger charge is 2.14. The van der Waals surface area contributed by atoms with Crippen LogP contribution >= 0.6 is 12.2 Å². The van der Waals surface area contributed by atoms with E-state index in [4.69, 9.17) is 12.2 Å². The van der Waals surface area contributed by atoms with E-state index < -0.39 is 0 Å². The standard InChI is InChI=1S/C13H16FNS/c14-11-8-6-10(7-9-11)13(16)15-12-4-2-1-3-5-12/h6-9,12H,1-5H2,(H,15,16). The molecule has 0 amide bonds. The summed E-state index contributed by atoms with van der Waals surface area (Å²) in [5.74, 6) is -0.218. The van der Waals surface area contributed by atoms with Gasteiger partial charge in [0.05, 0.1) is 0 Å². The molecular formula is C13H16FNS. The van der Waals surface area contributed by atoms with Crippen LogP contribution in [0.15, 0.2) is 24.3 Å². The molecule has 1 N–H and O–H groups in total. The molecule has 0 bridgehead atoms. The van der Waals surface area contributed by atoms with E-state index >= 15 is 0 Å². The minimum Gasteiger partial charge on any atom is -0.373 e. The van der Waals surface area contributed by atoms with Gasteiger partial charge in [-0.05, 0) is 37.1 Å². The first-order valence-electron chi connectivity index (χ1n) is 5.82. The smallest absolute Gasteiger partial charge is 0.123 e. The quantitative estimate of drug-likeness (QED) is 0.791. The molecule has 0 aliphatic heterocycles. The topological polar surface area (TPSA) is 12.0 Å². The van der Waals surface area contributed by atoms with Crippen molar-refractivity contribution in [3.63, 3.8) is 0 Å². The Bertz CT molecular complexity index is 355. The Morgan fingerprint density at radius 3 is 2.38 bits per heavy atom. The average Bonchev–Trinajstić information content (AvgIpc) is 2.31. The van der Waals surface area contributed by atoms with E-state index in [1.54, 1.807) is 12.1 Å². The molecule has 2 rings (SSSR count). The lowest BCUT2D eigenvalue weighted by Gasteiger charge is -2.24. The second-order valence-electron chi connectivity index (χ2n) is 4.32. The summed E-state index contributed by atoms with van der Waals surface area (Å²) in [5.41, 5.74) is 0.905. The lowest BCUT2D eigenvalue weighted by atomic mass is 9.95. The summed E-state index contributed by atoms with van der Waals surface area (Å²) in [4.78, 5) is 0.743. The fourth-order valence-corrected chi connectivity index (χ4v) is 2.42. The van der Waals surface area contributed by atoms with Crippen molar-refractivity contribution in [2.75, 3.05) is 0 Å². The van der Waals surface area contributed by atoms with Gasteiger partial charge in [-0.25, -0.2) is 4.39 Å². The molecule has 1 aromatic rings. The van der Waals surface area contributed by atoms with E-state index in [1.165, 1.54) is 44.2 Å². The van der Waals surface area contributed by atoms with Crippen molar-refractivity contribution < 1.29 is 4.39 Å². The molecule has 0 spiro atoms. The molecule has 0 radical (unpaired) electrons. The highest BCUT2D eigenvalue weighted by atomic mass is 32.1. The first-order chi connectivity index (χ1) is 7.75. The third-order valence-corrected chi connectivity index (χ3v) is 3.40. The summed E-state index contributed by atoms with van der Waals surface area (Å²) in [6.07, 6.45) is 6.29. The van der Waals surface area contributed by atoms with Crippen LogP contribution in [0.2, 0.25) is 0 Å². The maximum absolute atomic E-state index is 12.7. The van der Waals surface area contributed by atoms with Gasteiger partial charge in [0.1, 0.15) is 10.8 Å².